The predicted molar refractivity (Wildman–Crippen MR) is 105 cm³/mol. The lowest BCUT2D eigenvalue weighted by atomic mass is 10.3. The molecule has 1 aromatic heterocycles. The second-order valence-corrected chi connectivity index (χ2v) is 7.07. The zero-order valence-corrected chi connectivity index (χ0v) is 16.3. The summed E-state index contributed by atoms with van der Waals surface area (Å²) in [6.45, 7) is 3.68. The number of hydrogen-bond donors (Lipinski definition) is 3. The van der Waals surface area contributed by atoms with Gasteiger partial charge in [0.2, 0.25) is 11.8 Å². The molecule has 3 N–H and O–H groups in total. The number of rotatable bonds is 9. The van der Waals surface area contributed by atoms with Gasteiger partial charge in [-0.1, -0.05) is 33.8 Å². The summed E-state index contributed by atoms with van der Waals surface area (Å²) in [6, 6.07) is 7.26. The van der Waals surface area contributed by atoms with Crippen LogP contribution in [0.4, 0.5) is 5.69 Å². The van der Waals surface area contributed by atoms with E-state index >= 15 is 0 Å². The van der Waals surface area contributed by atoms with Gasteiger partial charge in [-0.3, -0.25) is 9.59 Å². The van der Waals surface area contributed by atoms with Gasteiger partial charge in [0, 0.05) is 16.7 Å². The minimum atomic E-state index is -0.243. The summed E-state index contributed by atoms with van der Waals surface area (Å²) >= 11 is 4.54. The number of benzene rings is 1. The molecule has 1 heterocycles. The Kier molecular flexibility index (Phi) is 7.89. The highest BCUT2D eigenvalue weighted by atomic mass is 79.9. The van der Waals surface area contributed by atoms with Crippen LogP contribution < -0.4 is 10.6 Å². The summed E-state index contributed by atoms with van der Waals surface area (Å²) in [4.78, 5) is 28.2. The quantitative estimate of drug-likeness (QED) is 0.411. The number of halogens is 1. The number of nitrogens with one attached hydrogen (secondary N) is 2. The van der Waals surface area contributed by atoms with Crippen molar-refractivity contribution in [3.8, 4) is 0 Å². The van der Waals surface area contributed by atoms with Crippen molar-refractivity contribution >= 4 is 45.2 Å². The summed E-state index contributed by atoms with van der Waals surface area (Å²) in [7, 11) is 0. The van der Waals surface area contributed by atoms with Crippen molar-refractivity contribution in [2.75, 3.05) is 17.6 Å². The summed E-state index contributed by atoms with van der Waals surface area (Å²) in [5.74, 6) is -0.279. The van der Waals surface area contributed by atoms with Crippen molar-refractivity contribution < 1.29 is 14.7 Å². The molecule has 2 rings (SSSR count). The maximum absolute atomic E-state index is 12.1. The first kappa shape index (κ1) is 20.2. The van der Waals surface area contributed by atoms with E-state index < -0.39 is 0 Å². The van der Waals surface area contributed by atoms with E-state index in [1.54, 1.807) is 22.8 Å². The first-order chi connectivity index (χ1) is 12.5. The number of hydrogen-bond acceptors (Lipinski definition) is 5. The molecule has 0 saturated carbocycles. The largest absolute Gasteiger partial charge is 0.390 e. The maximum Gasteiger partial charge on any atom is 0.240 e. The average molecular weight is 439 g/mol. The van der Waals surface area contributed by atoms with Crippen LogP contribution in [-0.2, 0) is 22.7 Å². The van der Waals surface area contributed by atoms with Gasteiger partial charge in [-0.15, -0.1) is 6.58 Å². The third-order valence-corrected chi connectivity index (χ3v) is 4.79. The van der Waals surface area contributed by atoms with E-state index in [1.807, 2.05) is 12.1 Å². The standard InChI is InChI=1S/C17H19BrN4O3S/c1-2-7-19-15(24)9-22-14(10-23)8-20-17(22)26-11-16(25)21-13-5-3-12(18)4-6-13/h2-6,8,23H,1,7,9-11H2,(H,19,24)(H,21,25). The highest BCUT2D eigenvalue weighted by molar-refractivity contribution is 9.10. The summed E-state index contributed by atoms with van der Waals surface area (Å²) in [5, 5.41) is 15.4. The Bertz CT molecular complexity index is 777. The predicted octanol–water partition coefficient (Wildman–Crippen LogP) is 2.17. The fourth-order valence-electron chi connectivity index (χ4n) is 2.05. The third kappa shape index (κ3) is 6.01. The summed E-state index contributed by atoms with van der Waals surface area (Å²) in [6.07, 6.45) is 3.08. The van der Waals surface area contributed by atoms with E-state index in [0.29, 0.717) is 23.1 Å². The molecule has 0 aliphatic carbocycles. The maximum atomic E-state index is 12.1. The van der Waals surface area contributed by atoms with Crippen molar-refractivity contribution in [1.29, 1.82) is 0 Å². The van der Waals surface area contributed by atoms with Crippen LogP contribution >= 0.6 is 27.7 Å². The van der Waals surface area contributed by atoms with Gasteiger partial charge in [0.05, 0.1) is 24.3 Å². The molecule has 26 heavy (non-hydrogen) atoms. The monoisotopic (exact) mass is 438 g/mol. The molecule has 138 valence electrons. The molecule has 0 bridgehead atoms. The van der Waals surface area contributed by atoms with Gasteiger partial charge < -0.3 is 20.3 Å². The van der Waals surface area contributed by atoms with Crippen molar-refractivity contribution in [1.82, 2.24) is 14.9 Å². The smallest absolute Gasteiger partial charge is 0.240 e. The first-order valence-electron chi connectivity index (χ1n) is 7.74. The van der Waals surface area contributed by atoms with E-state index in [4.69, 9.17) is 0 Å². The van der Waals surface area contributed by atoms with Gasteiger partial charge >= 0.3 is 0 Å². The number of amides is 2. The summed E-state index contributed by atoms with van der Waals surface area (Å²) in [5.41, 5.74) is 1.21. The van der Waals surface area contributed by atoms with E-state index in [1.165, 1.54) is 18.0 Å². The number of aromatic nitrogens is 2. The van der Waals surface area contributed by atoms with Crippen molar-refractivity contribution in [2.45, 2.75) is 18.3 Å². The van der Waals surface area contributed by atoms with Gasteiger partial charge in [0.1, 0.15) is 6.54 Å². The molecule has 2 aromatic rings. The Hall–Kier alpha value is -2.10. The van der Waals surface area contributed by atoms with Crippen LogP contribution in [0.15, 0.2) is 52.7 Å². The van der Waals surface area contributed by atoms with Gasteiger partial charge in [-0.05, 0) is 24.3 Å². The van der Waals surface area contributed by atoms with Gasteiger partial charge in [0.25, 0.3) is 0 Å². The molecule has 2 amide bonds. The number of aliphatic hydroxyl groups is 1. The highest BCUT2D eigenvalue weighted by Crippen LogP contribution is 2.20. The van der Waals surface area contributed by atoms with Crippen LogP contribution in [0, 0.1) is 0 Å². The lowest BCUT2D eigenvalue weighted by Crippen LogP contribution is -2.28. The number of thioether (sulfide) groups is 1. The molecule has 0 aliphatic rings. The zero-order valence-electron chi connectivity index (χ0n) is 13.9. The topological polar surface area (TPSA) is 96.2 Å². The van der Waals surface area contributed by atoms with Crippen molar-refractivity contribution in [2.24, 2.45) is 0 Å². The Morgan fingerprint density at radius 3 is 2.69 bits per heavy atom. The van der Waals surface area contributed by atoms with E-state index in [9.17, 15) is 14.7 Å². The first-order valence-corrected chi connectivity index (χ1v) is 9.52. The van der Waals surface area contributed by atoms with Crippen LogP contribution in [0.3, 0.4) is 0 Å². The Labute approximate surface area is 164 Å². The van der Waals surface area contributed by atoms with Crippen LogP contribution in [0.2, 0.25) is 0 Å². The highest BCUT2D eigenvalue weighted by Gasteiger charge is 2.14. The van der Waals surface area contributed by atoms with E-state index in [0.717, 1.165) is 4.47 Å². The zero-order chi connectivity index (χ0) is 18.9. The molecular weight excluding hydrogens is 420 g/mol. The van der Waals surface area contributed by atoms with Crippen LogP contribution in [0.25, 0.3) is 0 Å². The van der Waals surface area contributed by atoms with E-state index in [-0.39, 0.29) is 30.7 Å². The Morgan fingerprint density at radius 2 is 2.04 bits per heavy atom. The van der Waals surface area contributed by atoms with Crippen LogP contribution in [0.5, 0.6) is 0 Å². The lowest BCUT2D eigenvalue weighted by Gasteiger charge is -2.10. The van der Waals surface area contributed by atoms with Gasteiger partial charge in [-0.2, -0.15) is 0 Å². The number of anilines is 1. The fourth-order valence-corrected chi connectivity index (χ4v) is 3.11. The third-order valence-electron chi connectivity index (χ3n) is 3.27. The van der Waals surface area contributed by atoms with Crippen LogP contribution in [0.1, 0.15) is 5.69 Å². The second kappa shape index (κ2) is 10.1. The molecule has 7 nitrogen and oxygen atoms in total. The SMILES string of the molecule is C=CCNC(=O)Cn1c(CO)cnc1SCC(=O)Nc1ccc(Br)cc1. The van der Waals surface area contributed by atoms with Crippen molar-refractivity contribution in [3.05, 3.63) is 53.3 Å². The Morgan fingerprint density at radius 1 is 1.31 bits per heavy atom. The fraction of sp³-hybridized carbons (Fsp3) is 0.235. The average Bonchev–Trinajstić information content (AvgIpc) is 3.01. The van der Waals surface area contributed by atoms with Gasteiger partial charge in [-0.25, -0.2) is 4.98 Å². The summed E-state index contributed by atoms with van der Waals surface area (Å²) < 4.78 is 2.52. The van der Waals surface area contributed by atoms with Gasteiger partial charge in [0.15, 0.2) is 5.16 Å². The number of carbonyl (C=O) groups excluding carboxylic acids is 2. The molecule has 0 spiro atoms. The molecule has 0 unspecified atom stereocenters. The molecule has 9 heteroatoms. The molecule has 0 radical (unpaired) electrons. The number of carbonyl (C=O) groups is 2. The molecular formula is C17H19BrN4O3S. The van der Waals surface area contributed by atoms with E-state index in [2.05, 4.69) is 38.1 Å². The molecule has 0 fully saturated rings. The number of aliphatic hydroxyl groups excluding tert-OH is 1. The minimum absolute atomic E-state index is 0.0143. The van der Waals surface area contributed by atoms with Crippen molar-refractivity contribution in [3.63, 3.8) is 0 Å². The Balaban J connectivity index is 1.96. The molecule has 0 aliphatic heterocycles. The molecule has 0 saturated heterocycles. The number of imidazole rings is 1. The second-order valence-electron chi connectivity index (χ2n) is 5.21. The van der Waals surface area contributed by atoms with Crippen LogP contribution in [-0.4, -0.2) is 38.8 Å². The lowest BCUT2D eigenvalue weighted by molar-refractivity contribution is -0.121. The normalized spacial score (nSPS) is 10.4. The molecule has 1 aromatic carbocycles. The molecule has 0 atom stereocenters. The minimum Gasteiger partial charge on any atom is -0.390 e. The number of nitrogens with zero attached hydrogens (tertiary/aromatic N) is 2.